The Kier molecular flexibility index (Phi) is 6.38. The second kappa shape index (κ2) is 8.96. The molecule has 3 heterocycles. The lowest BCUT2D eigenvalue weighted by Gasteiger charge is -2.39. The lowest BCUT2D eigenvalue weighted by atomic mass is 9.77. The van der Waals surface area contributed by atoms with Crippen LogP contribution in [0.25, 0.3) is 0 Å². The largest absolute Gasteiger partial charge is 0.497 e. The van der Waals surface area contributed by atoms with Gasteiger partial charge in [-0.05, 0) is 81.3 Å². The second-order valence-corrected chi connectivity index (χ2v) is 13.3. The van der Waals surface area contributed by atoms with Gasteiger partial charge in [-0.25, -0.2) is 4.79 Å². The van der Waals surface area contributed by atoms with Crippen LogP contribution in [-0.2, 0) is 20.7 Å². The summed E-state index contributed by atoms with van der Waals surface area (Å²) in [6.07, 6.45) is 6.34. The van der Waals surface area contributed by atoms with Gasteiger partial charge in [-0.15, -0.1) is 0 Å². The van der Waals surface area contributed by atoms with Crippen LogP contribution in [0.1, 0.15) is 69.9 Å². The van der Waals surface area contributed by atoms with Crippen molar-refractivity contribution in [2.75, 3.05) is 27.0 Å². The Labute approximate surface area is 215 Å². The number of carbonyl (C=O) groups excluding carboxylic acids is 1. The summed E-state index contributed by atoms with van der Waals surface area (Å²) in [5, 5.41) is 11.1. The van der Waals surface area contributed by atoms with Crippen LogP contribution >= 0.6 is 15.9 Å². The number of halogens is 1. The Hall–Kier alpha value is -1.77. The van der Waals surface area contributed by atoms with Gasteiger partial charge in [0.2, 0.25) is 6.79 Å². The van der Waals surface area contributed by atoms with Gasteiger partial charge in [-0.1, -0.05) is 29.8 Å². The van der Waals surface area contributed by atoms with E-state index >= 15 is 0 Å². The molecule has 0 radical (unpaired) electrons. The first kappa shape index (κ1) is 24.9. The molecule has 0 bridgehead atoms. The number of methoxy groups -OCH3 is 1. The van der Waals surface area contributed by atoms with Crippen molar-refractivity contribution in [3.63, 3.8) is 0 Å². The van der Waals surface area contributed by atoms with Crippen LogP contribution in [0.2, 0.25) is 0 Å². The third-order valence-electron chi connectivity index (χ3n) is 8.07. The Morgan fingerprint density at radius 3 is 2.69 bits per heavy atom. The molecule has 8 heteroatoms. The van der Waals surface area contributed by atoms with Crippen LogP contribution < -0.4 is 9.47 Å². The Morgan fingerprint density at radius 1 is 1.23 bits per heavy atom. The van der Waals surface area contributed by atoms with Gasteiger partial charge in [0.05, 0.1) is 18.6 Å². The minimum Gasteiger partial charge on any atom is -0.497 e. The number of nitrogens with zero attached hydrogens (tertiary/aromatic N) is 1. The Bertz CT molecular complexity index is 1030. The highest BCUT2D eigenvalue weighted by Gasteiger charge is 2.58. The molecular formula is C27H36BrNO6. The minimum atomic E-state index is -1.58. The summed E-state index contributed by atoms with van der Waals surface area (Å²) in [6.45, 7) is 7.83. The van der Waals surface area contributed by atoms with Crippen LogP contribution in [0.5, 0.6) is 11.5 Å². The summed E-state index contributed by atoms with van der Waals surface area (Å²) in [7, 11) is 1.63. The van der Waals surface area contributed by atoms with E-state index in [2.05, 4.69) is 52.9 Å². The zero-order chi connectivity index (χ0) is 25.0. The van der Waals surface area contributed by atoms with E-state index in [4.69, 9.17) is 18.9 Å². The zero-order valence-electron chi connectivity index (χ0n) is 21.1. The normalized spacial score (nSPS) is 28.9. The lowest BCUT2D eigenvalue weighted by molar-refractivity contribution is -0.171. The molecule has 0 aromatic heterocycles. The van der Waals surface area contributed by atoms with E-state index in [-0.39, 0.29) is 22.6 Å². The van der Waals surface area contributed by atoms with E-state index in [1.165, 1.54) is 5.56 Å². The number of benzene rings is 1. The molecule has 1 saturated heterocycles. The third kappa shape index (κ3) is 4.46. The van der Waals surface area contributed by atoms with Gasteiger partial charge in [0.1, 0.15) is 5.76 Å². The van der Waals surface area contributed by atoms with E-state index in [9.17, 15) is 9.90 Å². The molecule has 1 fully saturated rings. The smallest absolute Gasteiger partial charge is 0.338 e. The van der Waals surface area contributed by atoms with Gasteiger partial charge in [0, 0.05) is 10.9 Å². The van der Waals surface area contributed by atoms with Crippen molar-refractivity contribution < 1.29 is 28.8 Å². The molecule has 4 aliphatic rings. The Balaban J connectivity index is 1.47. The summed E-state index contributed by atoms with van der Waals surface area (Å²) in [4.78, 5) is 15.9. The van der Waals surface area contributed by atoms with Gasteiger partial charge >= 0.3 is 5.97 Å². The van der Waals surface area contributed by atoms with Crippen LogP contribution in [0.15, 0.2) is 24.0 Å². The molecule has 0 amide bonds. The number of aliphatic hydroxyl groups is 1. The molecule has 1 aromatic carbocycles. The highest BCUT2D eigenvalue weighted by atomic mass is 79.9. The van der Waals surface area contributed by atoms with Crippen molar-refractivity contribution in [2.24, 2.45) is 0 Å². The highest BCUT2D eigenvalue weighted by molar-refractivity contribution is 9.10. The van der Waals surface area contributed by atoms with E-state index in [0.717, 1.165) is 55.8 Å². The number of ether oxygens (including phenoxy) is 4. The number of hydrogen-bond acceptors (Lipinski definition) is 7. The summed E-state index contributed by atoms with van der Waals surface area (Å²) >= 11 is 3.63. The number of fused-ring (bicyclic) bond motifs is 3. The lowest BCUT2D eigenvalue weighted by Crippen LogP contribution is -2.48. The van der Waals surface area contributed by atoms with E-state index < -0.39 is 17.7 Å². The van der Waals surface area contributed by atoms with E-state index in [1.807, 2.05) is 0 Å². The molecule has 1 N–H and O–H groups in total. The summed E-state index contributed by atoms with van der Waals surface area (Å²) in [5.41, 5.74) is 0.428. The predicted octanol–water partition coefficient (Wildman–Crippen LogP) is 4.44. The number of esters is 1. The fourth-order valence-electron chi connectivity index (χ4n) is 6.29. The number of rotatable bonds is 7. The van der Waals surface area contributed by atoms with Gasteiger partial charge in [-0.3, -0.25) is 4.90 Å². The minimum absolute atomic E-state index is 0.0428. The number of alkyl halides is 1. The Morgan fingerprint density at radius 2 is 1.97 bits per heavy atom. The molecular weight excluding hydrogens is 514 g/mol. The first-order valence-corrected chi connectivity index (χ1v) is 13.4. The number of hydrogen-bond donors (Lipinski definition) is 1. The quantitative estimate of drug-likeness (QED) is 0.398. The summed E-state index contributed by atoms with van der Waals surface area (Å²) in [5.74, 6) is 1.40. The van der Waals surface area contributed by atoms with Crippen molar-refractivity contribution in [3.05, 3.63) is 35.1 Å². The molecule has 1 aromatic rings. The maximum atomic E-state index is 13.4. The van der Waals surface area contributed by atoms with E-state index in [0.29, 0.717) is 18.6 Å². The molecule has 1 unspecified atom stereocenters. The average Bonchev–Trinajstić information content (AvgIpc) is 3.46. The van der Waals surface area contributed by atoms with Gasteiger partial charge < -0.3 is 24.1 Å². The van der Waals surface area contributed by atoms with Crippen LogP contribution in [0.4, 0.5) is 0 Å². The van der Waals surface area contributed by atoms with Crippen LogP contribution in [0, 0.1) is 0 Å². The monoisotopic (exact) mass is 549 g/mol. The third-order valence-corrected chi connectivity index (χ3v) is 8.47. The first-order valence-electron chi connectivity index (χ1n) is 12.6. The van der Waals surface area contributed by atoms with E-state index in [1.54, 1.807) is 14.0 Å². The van der Waals surface area contributed by atoms with Crippen LogP contribution in [0.3, 0.4) is 0 Å². The van der Waals surface area contributed by atoms with Gasteiger partial charge in [-0.2, -0.15) is 0 Å². The van der Waals surface area contributed by atoms with Crippen molar-refractivity contribution in [2.45, 2.75) is 86.8 Å². The summed E-state index contributed by atoms with van der Waals surface area (Å²) in [6, 6.07) is 4.14. The molecule has 1 spiro atoms. The summed E-state index contributed by atoms with van der Waals surface area (Å²) < 4.78 is 23.3. The zero-order valence-corrected chi connectivity index (χ0v) is 22.7. The standard InChI is InChI=1S/C27H36BrNO6/c1-25(2,28)8-5-9-26(3,31)24(30)35-23-21(32-4)15-27-10-6-11-29(27)12-7-17-13-19-20(34-16-33-19)14-18(17)22(23)27/h13-15,22-23,31H,5-12,16H2,1-4H3/t22-,23?,26+,27+/m1/s1. The fraction of sp³-hybridized carbons (Fsp3) is 0.667. The SMILES string of the molecule is COC1=C[C@]23CCCN2CCc2cc4c(cc2[C@@H]3C1OC(=O)[C@@](C)(O)CCCC(C)(C)Br)OCO4. The molecule has 3 aliphatic heterocycles. The van der Waals surface area contributed by atoms with Crippen molar-refractivity contribution in [1.82, 2.24) is 4.90 Å². The molecule has 192 valence electrons. The number of carbonyl (C=O) groups is 1. The molecule has 5 rings (SSSR count). The highest BCUT2D eigenvalue weighted by Crippen LogP contribution is 2.55. The predicted molar refractivity (Wildman–Crippen MR) is 135 cm³/mol. The topological polar surface area (TPSA) is 77.5 Å². The molecule has 4 atom stereocenters. The van der Waals surface area contributed by atoms with Crippen molar-refractivity contribution >= 4 is 21.9 Å². The van der Waals surface area contributed by atoms with Crippen molar-refractivity contribution in [1.29, 1.82) is 0 Å². The molecule has 35 heavy (non-hydrogen) atoms. The van der Waals surface area contributed by atoms with Gasteiger partial charge in [0.15, 0.2) is 23.2 Å². The van der Waals surface area contributed by atoms with Crippen molar-refractivity contribution in [3.8, 4) is 11.5 Å². The second-order valence-electron chi connectivity index (χ2n) is 11.1. The molecule has 1 aliphatic carbocycles. The van der Waals surface area contributed by atoms with Crippen LogP contribution in [-0.4, -0.2) is 64.5 Å². The van der Waals surface area contributed by atoms with Gasteiger partial charge in [0.25, 0.3) is 0 Å². The molecule has 0 saturated carbocycles. The average molecular weight is 550 g/mol. The first-order chi connectivity index (χ1) is 16.5. The maximum absolute atomic E-state index is 13.4. The fourth-order valence-corrected chi connectivity index (χ4v) is 6.57. The molecule has 7 nitrogen and oxygen atoms in total. The maximum Gasteiger partial charge on any atom is 0.338 e.